The van der Waals surface area contributed by atoms with Crippen molar-refractivity contribution >= 4 is 5.91 Å². The van der Waals surface area contributed by atoms with Crippen molar-refractivity contribution in [3.05, 3.63) is 99.2 Å². The molecule has 1 aliphatic heterocycles. The molecule has 0 aliphatic carbocycles. The molecule has 4 rings (SSSR count). The zero-order valence-corrected chi connectivity index (χ0v) is 19.0. The molecule has 1 atom stereocenters. The number of aromatic nitrogens is 2. The molecule has 0 saturated carbocycles. The van der Waals surface area contributed by atoms with Crippen LogP contribution in [-0.4, -0.2) is 32.9 Å². The lowest BCUT2D eigenvalue weighted by molar-refractivity contribution is 0.0632. The van der Waals surface area contributed by atoms with Crippen LogP contribution in [0.15, 0.2) is 65.7 Å². The molecule has 0 N–H and O–H groups in total. The van der Waals surface area contributed by atoms with Gasteiger partial charge in [0.15, 0.2) is 5.43 Å². The number of likely N-dealkylation sites (tertiary alicyclic amines) is 1. The number of hydrogen-bond acceptors (Lipinski definition) is 3. The van der Waals surface area contributed by atoms with Gasteiger partial charge in [-0.15, -0.1) is 0 Å². The predicted octanol–water partition coefficient (Wildman–Crippen LogP) is 4.40. The van der Waals surface area contributed by atoms with Crippen molar-refractivity contribution in [2.45, 2.75) is 58.5 Å². The molecule has 5 heteroatoms. The highest BCUT2D eigenvalue weighted by atomic mass is 16.2. The molecule has 32 heavy (non-hydrogen) atoms. The highest BCUT2D eigenvalue weighted by molar-refractivity contribution is 5.95. The average Bonchev–Trinajstić information content (AvgIpc) is 2.81. The summed E-state index contributed by atoms with van der Waals surface area (Å²) in [4.78, 5) is 32.9. The molecular formula is C27H31N3O2. The van der Waals surface area contributed by atoms with Crippen LogP contribution in [0, 0.1) is 6.92 Å². The van der Waals surface area contributed by atoms with E-state index in [1.807, 2.05) is 42.2 Å². The smallest absolute Gasteiger partial charge is 0.259 e. The number of carbonyl (C=O) groups excluding carboxylic acids is 1. The minimum atomic E-state index is -0.167. The van der Waals surface area contributed by atoms with E-state index in [4.69, 9.17) is 0 Å². The molecule has 0 bridgehead atoms. The summed E-state index contributed by atoms with van der Waals surface area (Å²) in [5.41, 5.74) is 4.17. The molecule has 0 radical (unpaired) electrons. The van der Waals surface area contributed by atoms with E-state index in [9.17, 15) is 9.59 Å². The standard InChI is InChI=1S/C27H31N3O2/c1-20-8-6-7-17-29(20)27(32)26-24(12-11-22-9-4-3-5-10-22)30(21(2)18-25(26)31)19-23-13-15-28-16-14-23/h3-5,9-10,13-16,18,20H,6-8,11-12,17,19H2,1-2H3. The molecule has 0 spiro atoms. The van der Waals surface area contributed by atoms with Crippen LogP contribution < -0.4 is 5.43 Å². The number of nitrogens with zero attached hydrogens (tertiary/aromatic N) is 3. The second-order valence-corrected chi connectivity index (χ2v) is 8.74. The molecule has 2 aromatic heterocycles. The number of piperidine rings is 1. The van der Waals surface area contributed by atoms with E-state index >= 15 is 0 Å². The van der Waals surface area contributed by atoms with E-state index in [2.05, 4.69) is 28.6 Å². The highest BCUT2D eigenvalue weighted by Gasteiger charge is 2.29. The Morgan fingerprint density at radius 2 is 1.78 bits per heavy atom. The van der Waals surface area contributed by atoms with Gasteiger partial charge in [-0.05, 0) is 69.2 Å². The Kier molecular flexibility index (Phi) is 6.84. The lowest BCUT2D eigenvalue weighted by Crippen LogP contribution is -2.44. The molecule has 1 saturated heterocycles. The Labute approximate surface area is 189 Å². The molecule has 1 fully saturated rings. The van der Waals surface area contributed by atoms with Gasteiger partial charge in [0.25, 0.3) is 5.91 Å². The number of pyridine rings is 2. The number of carbonyl (C=O) groups is 1. The SMILES string of the molecule is Cc1cc(=O)c(C(=O)N2CCCCC2C)c(CCc2ccccc2)n1Cc1ccncc1. The van der Waals surface area contributed by atoms with Crippen molar-refractivity contribution in [2.75, 3.05) is 6.54 Å². The topological polar surface area (TPSA) is 55.2 Å². The van der Waals surface area contributed by atoms with Crippen LogP contribution in [0.1, 0.15) is 59.1 Å². The fourth-order valence-corrected chi connectivity index (χ4v) is 4.66. The minimum absolute atomic E-state index is 0.117. The maximum Gasteiger partial charge on any atom is 0.259 e. The van der Waals surface area contributed by atoms with Crippen molar-refractivity contribution in [2.24, 2.45) is 0 Å². The fraction of sp³-hybridized carbons (Fsp3) is 0.370. The summed E-state index contributed by atoms with van der Waals surface area (Å²) in [7, 11) is 0. The van der Waals surface area contributed by atoms with Gasteiger partial charge in [0.2, 0.25) is 0 Å². The van der Waals surface area contributed by atoms with Crippen molar-refractivity contribution in [1.29, 1.82) is 0 Å². The molecule has 5 nitrogen and oxygen atoms in total. The monoisotopic (exact) mass is 429 g/mol. The highest BCUT2D eigenvalue weighted by Crippen LogP contribution is 2.22. The summed E-state index contributed by atoms with van der Waals surface area (Å²) >= 11 is 0. The van der Waals surface area contributed by atoms with Gasteiger partial charge in [-0.2, -0.15) is 0 Å². The summed E-state index contributed by atoms with van der Waals surface area (Å²) in [6.07, 6.45) is 8.07. The van der Waals surface area contributed by atoms with Gasteiger partial charge in [-0.1, -0.05) is 30.3 Å². The Bertz CT molecular complexity index is 1120. The Morgan fingerprint density at radius 3 is 2.50 bits per heavy atom. The lowest BCUT2D eigenvalue weighted by Gasteiger charge is -2.34. The van der Waals surface area contributed by atoms with Crippen LogP contribution in [0.5, 0.6) is 0 Å². The number of aryl methyl sites for hydroxylation is 2. The third-order valence-corrected chi connectivity index (χ3v) is 6.49. The van der Waals surface area contributed by atoms with E-state index < -0.39 is 0 Å². The van der Waals surface area contributed by atoms with Gasteiger partial charge in [-0.25, -0.2) is 0 Å². The maximum absolute atomic E-state index is 13.7. The number of rotatable bonds is 6. The molecule has 3 aromatic rings. The third kappa shape index (κ3) is 4.82. The van der Waals surface area contributed by atoms with Crippen molar-refractivity contribution in [3.63, 3.8) is 0 Å². The second-order valence-electron chi connectivity index (χ2n) is 8.74. The molecule has 1 unspecified atom stereocenters. The Hall–Kier alpha value is -3.21. The van der Waals surface area contributed by atoms with Crippen LogP contribution in [0.25, 0.3) is 0 Å². The predicted molar refractivity (Wildman–Crippen MR) is 127 cm³/mol. The largest absolute Gasteiger partial charge is 0.343 e. The van der Waals surface area contributed by atoms with Crippen molar-refractivity contribution < 1.29 is 4.79 Å². The van der Waals surface area contributed by atoms with E-state index in [1.165, 1.54) is 5.56 Å². The van der Waals surface area contributed by atoms with E-state index in [-0.39, 0.29) is 17.4 Å². The first-order chi connectivity index (χ1) is 15.5. The van der Waals surface area contributed by atoms with Crippen LogP contribution in [0.3, 0.4) is 0 Å². The Morgan fingerprint density at radius 1 is 1.03 bits per heavy atom. The van der Waals surface area contributed by atoms with Crippen molar-refractivity contribution in [3.8, 4) is 0 Å². The molecule has 1 aliphatic rings. The van der Waals surface area contributed by atoms with Gasteiger partial charge >= 0.3 is 0 Å². The van der Waals surface area contributed by atoms with Crippen LogP contribution >= 0.6 is 0 Å². The van der Waals surface area contributed by atoms with Gasteiger partial charge in [-0.3, -0.25) is 14.6 Å². The van der Waals surface area contributed by atoms with Gasteiger partial charge in [0, 0.05) is 49.0 Å². The first-order valence-corrected chi connectivity index (χ1v) is 11.5. The zero-order valence-electron chi connectivity index (χ0n) is 19.0. The maximum atomic E-state index is 13.7. The number of amides is 1. The van der Waals surface area contributed by atoms with Crippen LogP contribution in [0.4, 0.5) is 0 Å². The first kappa shape index (κ1) is 22.0. The van der Waals surface area contributed by atoms with Crippen LogP contribution in [-0.2, 0) is 19.4 Å². The third-order valence-electron chi connectivity index (χ3n) is 6.49. The molecular weight excluding hydrogens is 398 g/mol. The Balaban J connectivity index is 1.78. The summed E-state index contributed by atoms with van der Waals surface area (Å²) in [6.45, 7) is 5.36. The summed E-state index contributed by atoms with van der Waals surface area (Å²) in [5.74, 6) is -0.117. The summed E-state index contributed by atoms with van der Waals surface area (Å²) < 4.78 is 2.14. The molecule has 3 heterocycles. The quantitative estimate of drug-likeness (QED) is 0.584. The van der Waals surface area contributed by atoms with E-state index in [0.29, 0.717) is 18.5 Å². The molecule has 1 amide bonds. The molecule has 166 valence electrons. The van der Waals surface area contributed by atoms with Crippen molar-refractivity contribution in [1.82, 2.24) is 14.5 Å². The zero-order chi connectivity index (χ0) is 22.5. The lowest BCUT2D eigenvalue weighted by atomic mass is 9.98. The summed E-state index contributed by atoms with van der Waals surface area (Å²) in [6, 6.07) is 16.0. The van der Waals surface area contributed by atoms with E-state index in [1.54, 1.807) is 18.5 Å². The van der Waals surface area contributed by atoms with Gasteiger partial charge < -0.3 is 9.47 Å². The summed E-state index contributed by atoms with van der Waals surface area (Å²) in [5, 5.41) is 0. The van der Waals surface area contributed by atoms with Gasteiger partial charge in [0.05, 0.1) is 0 Å². The fourth-order valence-electron chi connectivity index (χ4n) is 4.66. The van der Waals surface area contributed by atoms with E-state index in [0.717, 1.165) is 49.2 Å². The first-order valence-electron chi connectivity index (χ1n) is 11.5. The number of benzene rings is 1. The second kappa shape index (κ2) is 9.94. The minimum Gasteiger partial charge on any atom is -0.343 e. The molecule has 1 aromatic carbocycles. The number of hydrogen-bond donors (Lipinski definition) is 0. The van der Waals surface area contributed by atoms with Crippen LogP contribution in [0.2, 0.25) is 0 Å². The van der Waals surface area contributed by atoms with Gasteiger partial charge in [0.1, 0.15) is 5.56 Å². The average molecular weight is 430 g/mol. The normalized spacial score (nSPS) is 16.2.